The van der Waals surface area contributed by atoms with E-state index >= 15 is 0 Å². The molecular weight excluding hydrogens is 428 g/mol. The molecule has 4 aromatic rings. The van der Waals surface area contributed by atoms with Gasteiger partial charge < -0.3 is 0 Å². The highest BCUT2D eigenvalue weighted by atomic mass is 35.5. The van der Waals surface area contributed by atoms with Crippen LogP contribution in [0.25, 0.3) is 22.4 Å². The maximum atomic E-state index is 10.1. The fourth-order valence-corrected chi connectivity index (χ4v) is 5.87. The van der Waals surface area contributed by atoms with Gasteiger partial charge in [-0.05, 0) is 53.1 Å². The van der Waals surface area contributed by atoms with E-state index in [0.29, 0.717) is 10.6 Å². The van der Waals surface area contributed by atoms with Crippen LogP contribution in [0.1, 0.15) is 21.6 Å². The molecule has 0 radical (unpaired) electrons. The molecule has 0 saturated heterocycles. The van der Waals surface area contributed by atoms with Crippen LogP contribution in [0.4, 0.5) is 0 Å². The molecule has 0 fully saturated rings. The van der Waals surface area contributed by atoms with E-state index in [1.165, 1.54) is 21.6 Å². The lowest BCUT2D eigenvalue weighted by Crippen LogP contribution is -2.09. The molecule has 2 nitrogen and oxygen atoms in total. The molecule has 5 heteroatoms. The second-order valence-corrected chi connectivity index (χ2v) is 9.55. The number of hydrogen-bond donors (Lipinski definition) is 0. The van der Waals surface area contributed by atoms with Crippen molar-refractivity contribution in [3.8, 4) is 28.5 Å². The van der Waals surface area contributed by atoms with Gasteiger partial charge >= 0.3 is 0 Å². The SMILES string of the molecule is N#Cc1c(SCc2ccccc2)nc2c(c1-c1ccc(Cl)cc1)CCc1sccc1-2. The van der Waals surface area contributed by atoms with E-state index in [0.717, 1.165) is 40.4 Å². The van der Waals surface area contributed by atoms with E-state index in [1.807, 2.05) is 42.5 Å². The summed E-state index contributed by atoms with van der Waals surface area (Å²) in [5.74, 6) is 0.776. The smallest absolute Gasteiger partial charge is 0.115 e. The third-order valence-electron chi connectivity index (χ3n) is 5.33. The minimum absolute atomic E-state index is 0.663. The van der Waals surface area contributed by atoms with Crippen molar-refractivity contribution < 1.29 is 0 Å². The van der Waals surface area contributed by atoms with Crippen LogP contribution in [-0.2, 0) is 18.6 Å². The standard InChI is InChI=1S/C25H17ClN2S2/c26-18-8-6-17(7-9-18)23-20-10-11-22-19(12-13-29-22)24(20)28-25(21(23)14-27)30-15-16-4-2-1-3-5-16/h1-9,12-13H,10-11,15H2. The molecule has 2 aromatic carbocycles. The molecule has 146 valence electrons. The summed E-state index contributed by atoms with van der Waals surface area (Å²) in [6.45, 7) is 0. The van der Waals surface area contributed by atoms with Gasteiger partial charge in [0.15, 0.2) is 0 Å². The maximum absolute atomic E-state index is 10.1. The van der Waals surface area contributed by atoms with E-state index in [-0.39, 0.29) is 0 Å². The van der Waals surface area contributed by atoms with Crippen LogP contribution in [0.15, 0.2) is 71.1 Å². The Labute approximate surface area is 189 Å². The molecule has 1 aliphatic rings. The average molecular weight is 445 g/mol. The predicted octanol–water partition coefficient (Wildman–Crippen LogP) is 7.39. The zero-order chi connectivity index (χ0) is 20.5. The van der Waals surface area contributed by atoms with E-state index in [1.54, 1.807) is 23.1 Å². The zero-order valence-corrected chi connectivity index (χ0v) is 18.4. The molecule has 0 bridgehead atoms. The van der Waals surface area contributed by atoms with E-state index in [2.05, 4.69) is 29.6 Å². The molecule has 5 rings (SSSR count). The number of pyridine rings is 1. The predicted molar refractivity (Wildman–Crippen MR) is 126 cm³/mol. The molecule has 0 atom stereocenters. The van der Waals surface area contributed by atoms with Gasteiger partial charge in [-0.25, -0.2) is 4.98 Å². The summed E-state index contributed by atoms with van der Waals surface area (Å²) in [4.78, 5) is 6.41. The van der Waals surface area contributed by atoms with Crippen LogP contribution >= 0.6 is 34.7 Å². The third kappa shape index (κ3) is 3.54. The molecule has 2 aromatic heterocycles. The first-order valence-electron chi connectivity index (χ1n) is 9.71. The van der Waals surface area contributed by atoms with Crippen LogP contribution in [-0.4, -0.2) is 4.98 Å². The molecule has 0 spiro atoms. The molecule has 0 saturated carbocycles. The molecule has 0 aliphatic heterocycles. The summed E-state index contributed by atoms with van der Waals surface area (Å²) in [6, 6.07) is 22.7. The van der Waals surface area contributed by atoms with Crippen molar-refractivity contribution >= 4 is 34.7 Å². The van der Waals surface area contributed by atoms with Crippen molar-refractivity contribution in [3.63, 3.8) is 0 Å². The van der Waals surface area contributed by atoms with Gasteiger partial charge in [-0.2, -0.15) is 5.26 Å². The Bertz CT molecular complexity index is 1260. The number of halogens is 1. The molecule has 30 heavy (non-hydrogen) atoms. The summed E-state index contributed by atoms with van der Waals surface area (Å²) in [5.41, 5.74) is 7.32. The van der Waals surface area contributed by atoms with Crippen LogP contribution in [0.5, 0.6) is 0 Å². The lowest BCUT2D eigenvalue weighted by atomic mass is 9.86. The lowest BCUT2D eigenvalue weighted by Gasteiger charge is -2.22. The van der Waals surface area contributed by atoms with Gasteiger partial charge in [-0.3, -0.25) is 0 Å². The number of rotatable bonds is 4. The van der Waals surface area contributed by atoms with E-state index in [9.17, 15) is 5.26 Å². The Balaban J connectivity index is 1.69. The number of nitrogens with zero attached hydrogens (tertiary/aromatic N) is 2. The Morgan fingerprint density at radius 2 is 1.83 bits per heavy atom. The molecule has 0 unspecified atom stereocenters. The van der Waals surface area contributed by atoms with Gasteiger partial charge in [0.05, 0.1) is 11.3 Å². The van der Waals surface area contributed by atoms with Crippen LogP contribution in [0.2, 0.25) is 5.02 Å². The van der Waals surface area contributed by atoms with Gasteiger partial charge in [0, 0.05) is 26.8 Å². The second-order valence-electron chi connectivity index (χ2n) is 7.14. The number of hydrogen-bond acceptors (Lipinski definition) is 4. The molecule has 0 amide bonds. The number of benzene rings is 2. The number of aryl methyl sites for hydroxylation is 1. The Morgan fingerprint density at radius 3 is 2.60 bits per heavy atom. The fourth-order valence-electron chi connectivity index (χ4n) is 3.92. The maximum Gasteiger partial charge on any atom is 0.115 e. The van der Waals surface area contributed by atoms with Crippen molar-refractivity contribution in [1.29, 1.82) is 5.26 Å². The van der Waals surface area contributed by atoms with Gasteiger partial charge in [0.2, 0.25) is 0 Å². The Hall–Kier alpha value is -2.58. The average Bonchev–Trinajstić information content (AvgIpc) is 3.27. The normalized spacial score (nSPS) is 12.1. The number of aromatic nitrogens is 1. The third-order valence-corrected chi connectivity index (χ3v) is 7.61. The summed E-state index contributed by atoms with van der Waals surface area (Å²) in [6.07, 6.45) is 1.88. The summed E-state index contributed by atoms with van der Waals surface area (Å²) >= 11 is 9.56. The first-order valence-corrected chi connectivity index (χ1v) is 12.0. The summed E-state index contributed by atoms with van der Waals surface area (Å²) in [7, 11) is 0. The molecular formula is C25H17ClN2S2. The van der Waals surface area contributed by atoms with Crippen LogP contribution in [0, 0.1) is 11.3 Å². The highest BCUT2D eigenvalue weighted by molar-refractivity contribution is 7.98. The molecule has 0 N–H and O–H groups in total. The first kappa shape index (κ1) is 19.4. The largest absolute Gasteiger partial charge is 0.240 e. The quantitative estimate of drug-likeness (QED) is 0.308. The number of thiophene rings is 1. The number of nitriles is 1. The highest BCUT2D eigenvalue weighted by Gasteiger charge is 2.26. The van der Waals surface area contributed by atoms with Gasteiger partial charge in [0.1, 0.15) is 11.1 Å². The monoisotopic (exact) mass is 444 g/mol. The van der Waals surface area contributed by atoms with E-state index < -0.39 is 0 Å². The first-order chi connectivity index (χ1) is 14.7. The summed E-state index contributed by atoms with van der Waals surface area (Å²) < 4.78 is 0. The topological polar surface area (TPSA) is 36.7 Å². The van der Waals surface area contributed by atoms with Crippen molar-refractivity contribution in [2.75, 3.05) is 0 Å². The highest BCUT2D eigenvalue weighted by Crippen LogP contribution is 2.44. The zero-order valence-electron chi connectivity index (χ0n) is 16.1. The van der Waals surface area contributed by atoms with Crippen LogP contribution in [0.3, 0.4) is 0 Å². The van der Waals surface area contributed by atoms with Crippen molar-refractivity contribution in [1.82, 2.24) is 4.98 Å². The van der Waals surface area contributed by atoms with Crippen molar-refractivity contribution in [2.45, 2.75) is 23.6 Å². The van der Waals surface area contributed by atoms with Gasteiger partial charge in [0.25, 0.3) is 0 Å². The van der Waals surface area contributed by atoms with Crippen molar-refractivity contribution in [2.24, 2.45) is 0 Å². The number of thioether (sulfide) groups is 1. The minimum atomic E-state index is 0.663. The molecule has 1 aliphatic carbocycles. The Morgan fingerprint density at radius 1 is 1.03 bits per heavy atom. The van der Waals surface area contributed by atoms with Crippen molar-refractivity contribution in [3.05, 3.63) is 92.6 Å². The van der Waals surface area contributed by atoms with Gasteiger partial charge in [-0.1, -0.05) is 54.1 Å². The Kier molecular flexibility index (Phi) is 5.35. The van der Waals surface area contributed by atoms with Gasteiger partial charge in [-0.15, -0.1) is 23.1 Å². The molecule has 2 heterocycles. The minimum Gasteiger partial charge on any atom is -0.240 e. The summed E-state index contributed by atoms with van der Waals surface area (Å²) in [5, 5.41) is 13.8. The van der Waals surface area contributed by atoms with Crippen LogP contribution < -0.4 is 0 Å². The fraction of sp³-hybridized carbons (Fsp3) is 0.120. The number of fused-ring (bicyclic) bond motifs is 3. The second kappa shape index (κ2) is 8.28. The van der Waals surface area contributed by atoms with E-state index in [4.69, 9.17) is 16.6 Å². The lowest BCUT2D eigenvalue weighted by molar-refractivity contribution is 0.931.